The Bertz CT molecular complexity index is 289. The van der Waals surface area contributed by atoms with Crippen LogP contribution in [0.1, 0.15) is 38.7 Å². The van der Waals surface area contributed by atoms with Crippen LogP contribution in [0.2, 0.25) is 0 Å². The molecule has 1 aromatic rings. The lowest BCUT2D eigenvalue weighted by Gasteiger charge is -2.17. The second-order valence-corrected chi connectivity index (χ2v) is 4.50. The third-order valence-electron chi connectivity index (χ3n) is 2.08. The van der Waals surface area contributed by atoms with Crippen molar-refractivity contribution in [3.05, 3.63) is 23.8 Å². The Hall–Kier alpha value is -0.960. The molecule has 0 radical (unpaired) electrons. The monoisotopic (exact) mass is 193 g/mol. The van der Waals surface area contributed by atoms with E-state index in [0.717, 1.165) is 24.4 Å². The second kappa shape index (κ2) is 4.51. The van der Waals surface area contributed by atoms with Crippen LogP contribution in [0.5, 0.6) is 0 Å². The van der Waals surface area contributed by atoms with Gasteiger partial charge in [0.1, 0.15) is 5.82 Å². The molecule has 0 atom stereocenters. The maximum Gasteiger partial charge on any atom is 0.128 e. The van der Waals surface area contributed by atoms with Crippen LogP contribution in [0.4, 0.5) is 0 Å². The summed E-state index contributed by atoms with van der Waals surface area (Å²) in [7, 11) is 0. The summed E-state index contributed by atoms with van der Waals surface area (Å²) in [6.07, 6.45) is 3.66. The topological polar surface area (TPSA) is 51.8 Å². The van der Waals surface area contributed by atoms with Gasteiger partial charge in [-0.2, -0.15) is 0 Å². The van der Waals surface area contributed by atoms with Gasteiger partial charge in [-0.3, -0.25) is 0 Å². The van der Waals surface area contributed by atoms with Crippen molar-refractivity contribution in [1.82, 2.24) is 9.97 Å². The molecule has 78 valence electrons. The van der Waals surface area contributed by atoms with Crippen molar-refractivity contribution in [3.8, 4) is 0 Å². The van der Waals surface area contributed by atoms with Crippen LogP contribution < -0.4 is 5.73 Å². The lowest BCUT2D eigenvalue weighted by atomic mass is 9.92. The van der Waals surface area contributed by atoms with Gasteiger partial charge in [-0.15, -0.1) is 0 Å². The largest absolute Gasteiger partial charge is 0.330 e. The molecule has 14 heavy (non-hydrogen) atoms. The maximum atomic E-state index is 5.44. The summed E-state index contributed by atoms with van der Waals surface area (Å²) in [5.74, 6) is 0.905. The highest BCUT2D eigenvalue weighted by atomic mass is 14.9. The maximum absolute atomic E-state index is 5.44. The predicted octanol–water partition coefficient (Wildman–Crippen LogP) is 1.67. The molecule has 1 heterocycles. The Morgan fingerprint density at radius 1 is 1.36 bits per heavy atom. The molecule has 0 saturated heterocycles. The molecule has 0 saturated carbocycles. The smallest absolute Gasteiger partial charge is 0.128 e. The molecule has 3 nitrogen and oxygen atoms in total. The fraction of sp³-hybridized carbons (Fsp3) is 0.636. The molecule has 0 aliphatic carbocycles. The van der Waals surface area contributed by atoms with Crippen LogP contribution in [0.3, 0.4) is 0 Å². The molecule has 0 amide bonds. The average Bonchev–Trinajstić information content (AvgIpc) is 2.14. The van der Waals surface area contributed by atoms with Gasteiger partial charge in [-0.05, 0) is 19.0 Å². The van der Waals surface area contributed by atoms with Crippen LogP contribution in [0.25, 0.3) is 0 Å². The zero-order valence-corrected chi connectivity index (χ0v) is 9.25. The van der Waals surface area contributed by atoms with Crippen molar-refractivity contribution in [3.63, 3.8) is 0 Å². The summed E-state index contributed by atoms with van der Waals surface area (Å²) in [6, 6.07) is 1.98. The van der Waals surface area contributed by atoms with E-state index in [1.807, 2.05) is 12.3 Å². The molecule has 1 aromatic heterocycles. The fourth-order valence-corrected chi connectivity index (χ4v) is 1.20. The van der Waals surface area contributed by atoms with Crippen LogP contribution in [-0.2, 0) is 11.8 Å². The highest BCUT2D eigenvalue weighted by Crippen LogP contribution is 2.19. The molecule has 2 N–H and O–H groups in total. The first-order valence-electron chi connectivity index (χ1n) is 5.06. The number of hydrogen-bond donors (Lipinski definition) is 1. The van der Waals surface area contributed by atoms with Crippen molar-refractivity contribution < 1.29 is 0 Å². The molecule has 0 unspecified atom stereocenters. The van der Waals surface area contributed by atoms with Gasteiger partial charge in [0.05, 0.1) is 0 Å². The molecule has 1 rings (SSSR count). The van der Waals surface area contributed by atoms with Crippen LogP contribution in [0, 0.1) is 0 Å². The zero-order chi connectivity index (χ0) is 10.6. The number of nitrogens with zero attached hydrogens (tertiary/aromatic N) is 2. The number of nitrogens with two attached hydrogens (primary N) is 1. The summed E-state index contributed by atoms with van der Waals surface area (Å²) < 4.78 is 0. The minimum atomic E-state index is 0.0976. The van der Waals surface area contributed by atoms with E-state index >= 15 is 0 Å². The number of aromatic nitrogens is 2. The minimum Gasteiger partial charge on any atom is -0.330 e. The van der Waals surface area contributed by atoms with E-state index in [2.05, 4.69) is 30.7 Å². The molecule has 0 aromatic carbocycles. The Labute approximate surface area is 85.8 Å². The molecule has 0 fully saturated rings. The number of hydrogen-bond acceptors (Lipinski definition) is 3. The van der Waals surface area contributed by atoms with E-state index in [4.69, 9.17) is 5.73 Å². The first-order valence-corrected chi connectivity index (χ1v) is 5.06. The van der Waals surface area contributed by atoms with Crippen LogP contribution in [-0.4, -0.2) is 16.5 Å². The second-order valence-electron chi connectivity index (χ2n) is 4.50. The van der Waals surface area contributed by atoms with E-state index in [1.54, 1.807) is 0 Å². The van der Waals surface area contributed by atoms with Gasteiger partial charge in [0.2, 0.25) is 0 Å². The average molecular weight is 193 g/mol. The first kappa shape index (κ1) is 11.1. The van der Waals surface area contributed by atoms with Crippen molar-refractivity contribution in [2.45, 2.75) is 39.0 Å². The van der Waals surface area contributed by atoms with E-state index in [-0.39, 0.29) is 5.41 Å². The third kappa shape index (κ3) is 3.07. The van der Waals surface area contributed by atoms with E-state index in [0.29, 0.717) is 6.54 Å². The summed E-state index contributed by atoms with van der Waals surface area (Å²) in [4.78, 5) is 8.74. The van der Waals surface area contributed by atoms with Crippen LogP contribution in [0.15, 0.2) is 12.3 Å². The molecule has 0 spiro atoms. The predicted molar refractivity (Wildman–Crippen MR) is 58.1 cm³/mol. The van der Waals surface area contributed by atoms with Gasteiger partial charge in [-0.25, -0.2) is 9.97 Å². The highest BCUT2D eigenvalue weighted by molar-refractivity contribution is 5.12. The molecular weight excluding hydrogens is 174 g/mol. The molecule has 0 aliphatic heterocycles. The SMILES string of the molecule is CC(C)(C)c1ccnc(CCCN)n1. The van der Waals surface area contributed by atoms with Crippen molar-refractivity contribution in [2.75, 3.05) is 6.54 Å². The highest BCUT2D eigenvalue weighted by Gasteiger charge is 2.15. The van der Waals surface area contributed by atoms with Gasteiger partial charge in [0.15, 0.2) is 0 Å². The normalized spacial score (nSPS) is 11.7. The van der Waals surface area contributed by atoms with Gasteiger partial charge < -0.3 is 5.73 Å². The van der Waals surface area contributed by atoms with E-state index < -0.39 is 0 Å². The minimum absolute atomic E-state index is 0.0976. The molecule has 3 heteroatoms. The summed E-state index contributed by atoms with van der Waals surface area (Å²) in [5, 5.41) is 0. The third-order valence-corrected chi connectivity index (χ3v) is 2.08. The van der Waals surface area contributed by atoms with Gasteiger partial charge in [-0.1, -0.05) is 20.8 Å². The van der Waals surface area contributed by atoms with Gasteiger partial charge in [0.25, 0.3) is 0 Å². The quantitative estimate of drug-likeness (QED) is 0.794. The fourth-order valence-electron chi connectivity index (χ4n) is 1.20. The van der Waals surface area contributed by atoms with Crippen molar-refractivity contribution >= 4 is 0 Å². The van der Waals surface area contributed by atoms with Crippen molar-refractivity contribution in [2.24, 2.45) is 5.73 Å². The molecule has 0 aliphatic rings. The lowest BCUT2D eigenvalue weighted by molar-refractivity contribution is 0.560. The molecular formula is C11H19N3. The van der Waals surface area contributed by atoms with Gasteiger partial charge >= 0.3 is 0 Å². The van der Waals surface area contributed by atoms with E-state index in [1.165, 1.54) is 0 Å². The van der Waals surface area contributed by atoms with E-state index in [9.17, 15) is 0 Å². The molecule has 0 bridgehead atoms. The number of rotatable bonds is 3. The van der Waals surface area contributed by atoms with Crippen molar-refractivity contribution in [1.29, 1.82) is 0 Å². The number of aryl methyl sites for hydroxylation is 1. The summed E-state index contributed by atoms with van der Waals surface area (Å²) >= 11 is 0. The summed E-state index contributed by atoms with van der Waals surface area (Å²) in [5.41, 5.74) is 6.64. The standard InChI is InChI=1S/C11H19N3/c1-11(2,3)9-6-8-13-10(14-9)5-4-7-12/h6,8H,4-5,7,12H2,1-3H3. The Morgan fingerprint density at radius 2 is 2.07 bits per heavy atom. The Morgan fingerprint density at radius 3 is 2.64 bits per heavy atom. The zero-order valence-electron chi connectivity index (χ0n) is 9.25. The Kier molecular flexibility index (Phi) is 3.58. The summed E-state index contributed by atoms with van der Waals surface area (Å²) in [6.45, 7) is 7.16. The van der Waals surface area contributed by atoms with Crippen LogP contribution >= 0.6 is 0 Å². The first-order chi connectivity index (χ1) is 6.54. The Balaban J connectivity index is 2.79. The lowest BCUT2D eigenvalue weighted by Crippen LogP contribution is -2.15. The van der Waals surface area contributed by atoms with Gasteiger partial charge in [0, 0.05) is 23.7 Å².